The molecule has 28 heavy (non-hydrogen) atoms. The maximum atomic E-state index is 12.8. The van der Waals surface area contributed by atoms with E-state index in [1.165, 1.54) is 23.5 Å². The lowest BCUT2D eigenvalue weighted by Crippen LogP contribution is -2.33. The Morgan fingerprint density at radius 2 is 2.11 bits per heavy atom. The first kappa shape index (κ1) is 20.2. The molecular formula is C18H18F2N4O2S2. The second kappa shape index (κ2) is 8.61. The summed E-state index contributed by atoms with van der Waals surface area (Å²) in [6, 6.07) is 8.99. The van der Waals surface area contributed by atoms with Gasteiger partial charge in [0, 0.05) is 0 Å². The van der Waals surface area contributed by atoms with Gasteiger partial charge in [0.15, 0.2) is 10.6 Å². The zero-order valence-corrected chi connectivity index (χ0v) is 16.7. The molecule has 0 aliphatic rings. The van der Waals surface area contributed by atoms with Gasteiger partial charge in [-0.3, -0.25) is 14.5 Å². The van der Waals surface area contributed by atoms with Gasteiger partial charge < -0.3 is 10.1 Å². The van der Waals surface area contributed by atoms with E-state index >= 15 is 0 Å². The van der Waals surface area contributed by atoms with Gasteiger partial charge in [0.2, 0.25) is 5.91 Å². The predicted octanol–water partition coefficient (Wildman–Crippen LogP) is 4.71. The summed E-state index contributed by atoms with van der Waals surface area (Å²) in [7, 11) is 0. The fraction of sp³-hybridized carbons (Fsp3) is 0.278. The lowest BCUT2D eigenvalue weighted by molar-refractivity contribution is -0.124. The minimum atomic E-state index is -2.90. The Labute approximate surface area is 169 Å². The SMILES string of the molecule is CC(NC(=O)C(C)n1c(-c2cccs2)n[nH]c1=S)c1cccc(OC(F)F)c1. The Morgan fingerprint density at radius 3 is 2.79 bits per heavy atom. The highest BCUT2D eigenvalue weighted by atomic mass is 32.1. The highest BCUT2D eigenvalue weighted by Gasteiger charge is 2.23. The van der Waals surface area contributed by atoms with Crippen LogP contribution in [0.15, 0.2) is 41.8 Å². The van der Waals surface area contributed by atoms with Crippen molar-refractivity contribution in [2.24, 2.45) is 0 Å². The molecule has 0 radical (unpaired) electrons. The molecule has 1 aromatic carbocycles. The van der Waals surface area contributed by atoms with Crippen LogP contribution < -0.4 is 10.1 Å². The molecule has 0 spiro atoms. The summed E-state index contributed by atoms with van der Waals surface area (Å²) in [4.78, 5) is 13.7. The van der Waals surface area contributed by atoms with Gasteiger partial charge in [-0.25, -0.2) is 0 Å². The van der Waals surface area contributed by atoms with Gasteiger partial charge in [-0.05, 0) is 55.2 Å². The second-order valence-electron chi connectivity index (χ2n) is 6.06. The third-order valence-electron chi connectivity index (χ3n) is 4.15. The van der Waals surface area contributed by atoms with Crippen LogP contribution in [0.1, 0.15) is 31.5 Å². The summed E-state index contributed by atoms with van der Waals surface area (Å²) in [5.74, 6) is 0.351. The number of nitrogens with zero attached hydrogens (tertiary/aromatic N) is 2. The van der Waals surface area contributed by atoms with Crippen LogP contribution in [-0.4, -0.2) is 27.3 Å². The van der Waals surface area contributed by atoms with Gasteiger partial charge in [-0.15, -0.1) is 11.3 Å². The molecule has 0 bridgehead atoms. The fourth-order valence-corrected chi connectivity index (χ4v) is 3.74. The number of aromatic nitrogens is 3. The average Bonchev–Trinajstić information content (AvgIpc) is 3.30. The van der Waals surface area contributed by atoms with Crippen LogP contribution in [-0.2, 0) is 4.79 Å². The highest BCUT2D eigenvalue weighted by molar-refractivity contribution is 7.71. The van der Waals surface area contributed by atoms with Crippen molar-refractivity contribution < 1.29 is 18.3 Å². The Kier molecular flexibility index (Phi) is 6.20. The van der Waals surface area contributed by atoms with Gasteiger partial charge in [0.25, 0.3) is 0 Å². The van der Waals surface area contributed by atoms with Crippen molar-refractivity contribution in [3.63, 3.8) is 0 Å². The number of rotatable bonds is 7. The molecule has 2 atom stereocenters. The van der Waals surface area contributed by atoms with E-state index in [-0.39, 0.29) is 11.7 Å². The molecular weight excluding hydrogens is 406 g/mol. The van der Waals surface area contributed by atoms with Crippen LogP contribution in [0.4, 0.5) is 8.78 Å². The quantitative estimate of drug-likeness (QED) is 0.539. The molecule has 0 saturated heterocycles. The first-order valence-corrected chi connectivity index (χ1v) is 9.71. The van der Waals surface area contributed by atoms with Crippen molar-refractivity contribution in [2.75, 3.05) is 0 Å². The van der Waals surface area contributed by atoms with E-state index in [0.29, 0.717) is 16.2 Å². The third-order valence-corrected chi connectivity index (χ3v) is 5.31. The third kappa shape index (κ3) is 4.45. The fourth-order valence-electron chi connectivity index (χ4n) is 2.74. The number of nitrogens with one attached hydrogen (secondary N) is 2. The minimum absolute atomic E-state index is 0.0404. The van der Waals surface area contributed by atoms with E-state index < -0.39 is 18.7 Å². The Hall–Kier alpha value is -2.59. The van der Waals surface area contributed by atoms with Crippen LogP contribution in [0, 0.1) is 4.77 Å². The smallest absolute Gasteiger partial charge is 0.387 e. The normalized spacial score (nSPS) is 13.3. The highest BCUT2D eigenvalue weighted by Crippen LogP contribution is 2.26. The predicted molar refractivity (Wildman–Crippen MR) is 105 cm³/mol. The van der Waals surface area contributed by atoms with Crippen molar-refractivity contribution in [3.8, 4) is 16.5 Å². The Bertz CT molecular complexity index is 1000. The number of hydrogen-bond acceptors (Lipinski definition) is 5. The molecule has 3 aromatic rings. The number of halogens is 2. The summed E-state index contributed by atoms with van der Waals surface area (Å²) < 4.78 is 31.2. The first-order chi connectivity index (χ1) is 13.4. The molecule has 148 valence electrons. The minimum Gasteiger partial charge on any atom is -0.435 e. The van der Waals surface area contributed by atoms with Gasteiger partial charge in [-0.1, -0.05) is 18.2 Å². The van der Waals surface area contributed by atoms with Gasteiger partial charge in [-0.2, -0.15) is 13.9 Å². The second-order valence-corrected chi connectivity index (χ2v) is 7.39. The number of thiophene rings is 1. The molecule has 0 fully saturated rings. The van der Waals surface area contributed by atoms with Crippen molar-refractivity contribution in [1.29, 1.82) is 0 Å². The molecule has 1 amide bonds. The number of hydrogen-bond donors (Lipinski definition) is 2. The first-order valence-electron chi connectivity index (χ1n) is 8.42. The Morgan fingerprint density at radius 1 is 1.32 bits per heavy atom. The molecule has 3 rings (SSSR count). The number of benzene rings is 1. The molecule has 2 aromatic heterocycles. The van der Waals surface area contributed by atoms with Crippen molar-refractivity contribution in [1.82, 2.24) is 20.1 Å². The van der Waals surface area contributed by atoms with Crippen LogP contribution in [0.5, 0.6) is 5.75 Å². The number of carbonyl (C=O) groups excluding carboxylic acids is 1. The summed E-state index contributed by atoms with van der Waals surface area (Å²) in [5.41, 5.74) is 0.646. The number of aromatic amines is 1. The van der Waals surface area contributed by atoms with Crippen molar-refractivity contribution >= 4 is 29.5 Å². The van der Waals surface area contributed by atoms with Gasteiger partial charge >= 0.3 is 6.61 Å². The molecule has 6 nitrogen and oxygen atoms in total. The maximum absolute atomic E-state index is 12.8. The molecule has 0 aliphatic heterocycles. The van der Waals surface area contributed by atoms with E-state index in [9.17, 15) is 13.6 Å². The number of amides is 1. The van der Waals surface area contributed by atoms with E-state index in [1.807, 2.05) is 17.5 Å². The van der Waals surface area contributed by atoms with E-state index in [4.69, 9.17) is 12.2 Å². The molecule has 2 unspecified atom stereocenters. The van der Waals surface area contributed by atoms with Crippen molar-refractivity contribution in [2.45, 2.75) is 32.5 Å². The van der Waals surface area contributed by atoms with Gasteiger partial charge in [0.1, 0.15) is 11.8 Å². The van der Waals surface area contributed by atoms with E-state index in [0.717, 1.165) is 4.88 Å². The van der Waals surface area contributed by atoms with E-state index in [2.05, 4.69) is 20.3 Å². The molecule has 0 aliphatic carbocycles. The molecule has 2 heterocycles. The summed E-state index contributed by atoms with van der Waals surface area (Å²) >= 11 is 6.78. The maximum Gasteiger partial charge on any atom is 0.387 e. The number of carbonyl (C=O) groups is 1. The van der Waals surface area contributed by atoms with Gasteiger partial charge in [0.05, 0.1) is 10.9 Å². The lowest BCUT2D eigenvalue weighted by Gasteiger charge is -2.20. The topological polar surface area (TPSA) is 71.9 Å². The monoisotopic (exact) mass is 424 g/mol. The van der Waals surface area contributed by atoms with Crippen molar-refractivity contribution in [3.05, 3.63) is 52.1 Å². The van der Waals surface area contributed by atoms with E-state index in [1.54, 1.807) is 30.5 Å². The Balaban J connectivity index is 1.77. The number of ether oxygens (including phenoxy) is 1. The van der Waals surface area contributed by atoms with Crippen LogP contribution >= 0.6 is 23.6 Å². The molecule has 10 heteroatoms. The molecule has 0 saturated carbocycles. The average molecular weight is 424 g/mol. The lowest BCUT2D eigenvalue weighted by atomic mass is 10.1. The summed E-state index contributed by atoms with van der Waals surface area (Å²) in [5, 5.41) is 11.7. The number of alkyl halides is 2. The zero-order chi connectivity index (χ0) is 20.3. The summed E-state index contributed by atoms with van der Waals surface area (Å²) in [6.45, 7) is 0.584. The molecule has 2 N–H and O–H groups in total. The largest absolute Gasteiger partial charge is 0.435 e. The van der Waals surface area contributed by atoms with Crippen LogP contribution in [0.2, 0.25) is 0 Å². The zero-order valence-electron chi connectivity index (χ0n) is 15.1. The summed E-state index contributed by atoms with van der Waals surface area (Å²) in [6.07, 6.45) is 0. The number of H-pyrrole nitrogens is 1. The standard InChI is InChI=1S/C18H18F2N4O2S2/c1-10(12-5-3-6-13(9-12)26-17(19)20)21-16(25)11(2)24-15(22-23-18(24)27)14-7-4-8-28-14/h3-11,17H,1-2H3,(H,21,25)(H,23,27). The van der Waals surface area contributed by atoms with Crippen LogP contribution in [0.25, 0.3) is 10.7 Å². The van der Waals surface area contributed by atoms with Crippen LogP contribution in [0.3, 0.4) is 0 Å².